The molecule has 2 heterocycles. The average Bonchev–Trinajstić information content (AvgIpc) is 3.61. The molecule has 1 fully saturated rings. The van der Waals surface area contributed by atoms with E-state index >= 15 is 0 Å². The number of aromatic nitrogens is 2. The Morgan fingerprint density at radius 3 is 2.04 bits per heavy atom. The predicted molar refractivity (Wildman–Crippen MR) is 276 cm³/mol. The molecular formula is C51H83N3O16P2. The van der Waals surface area contributed by atoms with Crippen molar-refractivity contribution in [3.05, 3.63) is 95.7 Å². The second-order valence-electron chi connectivity index (χ2n) is 17.7. The molecule has 4 unspecified atom stereocenters. The number of phosphoric ester groups is 2. The largest absolute Gasteiger partial charge is 0.481 e. The number of allylic oxidation sites excluding steroid dienone is 10. The monoisotopic (exact) mass is 1060 g/mol. The molecule has 1 saturated heterocycles. The zero-order chi connectivity index (χ0) is 53.0. The number of hydrogen-bond acceptors (Lipinski definition) is 16. The van der Waals surface area contributed by atoms with Crippen LogP contribution in [-0.2, 0) is 46.3 Å². The van der Waals surface area contributed by atoms with Crippen LogP contribution in [0.15, 0.2) is 90.0 Å². The second kappa shape index (κ2) is 37.8. The molecular weight excluding hydrogens is 973 g/mol. The molecule has 0 bridgehead atoms. The molecule has 2 rings (SSSR count). The van der Waals surface area contributed by atoms with E-state index in [1.165, 1.54) is 51.0 Å². The Morgan fingerprint density at radius 1 is 0.792 bits per heavy atom. The van der Waals surface area contributed by atoms with Crippen molar-refractivity contribution >= 4 is 33.4 Å². The second-order valence-corrected chi connectivity index (χ2v) is 20.8. The van der Waals surface area contributed by atoms with E-state index in [0.29, 0.717) is 12.8 Å². The minimum Gasteiger partial charge on any atom is -0.462 e. The topological polar surface area (TPSA) is 286 Å². The summed E-state index contributed by atoms with van der Waals surface area (Å²) in [5, 5.41) is 31.2. The highest BCUT2D eigenvalue weighted by atomic mass is 31.3. The summed E-state index contributed by atoms with van der Waals surface area (Å²) in [6, 6.07) is 1.24. The smallest absolute Gasteiger partial charge is 0.462 e. The van der Waals surface area contributed by atoms with Gasteiger partial charge in [0.05, 0.1) is 19.3 Å². The average molecular weight is 1060 g/mol. The van der Waals surface area contributed by atoms with E-state index < -0.39 is 89.8 Å². The number of anilines is 1. The van der Waals surface area contributed by atoms with Crippen LogP contribution in [0.3, 0.4) is 0 Å². The molecule has 0 saturated carbocycles. The SMILES string of the molecule is CC/C=C\C/C=C\C/C=C\C/C=C\C=C/C(O)C/C=C\CCC(=O)OC[C@H](COP(=O)(O)OP(=O)(O)OC[C@H]1O[C@@H](n2ccc(N)nc2=O)[C@H](O)[C@@H]1O)OC(=O)CCCCCCCCCCCCC(C)CC. The molecule has 7 N–H and O–H groups in total. The normalized spacial score (nSPS) is 20.6. The Morgan fingerprint density at radius 2 is 1.40 bits per heavy atom. The predicted octanol–water partition coefficient (Wildman–Crippen LogP) is 9.33. The Kier molecular flexibility index (Phi) is 33.8. The van der Waals surface area contributed by atoms with E-state index in [1.807, 2.05) is 12.2 Å². The molecule has 0 aliphatic carbocycles. The summed E-state index contributed by atoms with van der Waals surface area (Å²) in [7, 11) is -10.9. The lowest BCUT2D eigenvalue weighted by atomic mass is 9.99. The number of hydrogen-bond donors (Lipinski definition) is 6. The first-order valence-electron chi connectivity index (χ1n) is 25.5. The molecule has 1 aliphatic rings. The Balaban J connectivity index is 1.86. The fourth-order valence-corrected chi connectivity index (χ4v) is 9.21. The lowest BCUT2D eigenvalue weighted by molar-refractivity contribution is -0.161. The Bertz CT molecular complexity index is 2020. The molecule has 0 radical (unpaired) electrons. The number of aliphatic hydroxyl groups is 3. The van der Waals surface area contributed by atoms with Crippen molar-refractivity contribution in [1.82, 2.24) is 9.55 Å². The number of aliphatic hydroxyl groups excluding tert-OH is 3. The molecule has 0 spiro atoms. The molecule has 1 aromatic heterocycles. The van der Waals surface area contributed by atoms with E-state index in [0.717, 1.165) is 68.0 Å². The van der Waals surface area contributed by atoms with Gasteiger partial charge in [0.1, 0.15) is 30.7 Å². The van der Waals surface area contributed by atoms with Crippen molar-refractivity contribution in [2.75, 3.05) is 25.6 Å². The van der Waals surface area contributed by atoms with Gasteiger partial charge in [-0.15, -0.1) is 0 Å². The van der Waals surface area contributed by atoms with Gasteiger partial charge in [0.25, 0.3) is 0 Å². The van der Waals surface area contributed by atoms with Crippen molar-refractivity contribution in [2.45, 2.75) is 186 Å². The van der Waals surface area contributed by atoms with Crippen molar-refractivity contribution in [1.29, 1.82) is 0 Å². The number of phosphoric acid groups is 2. The number of ether oxygens (including phenoxy) is 3. The number of esters is 2. The van der Waals surface area contributed by atoms with Crippen molar-refractivity contribution in [3.8, 4) is 0 Å². The summed E-state index contributed by atoms with van der Waals surface area (Å²) in [5.74, 6) is -0.705. The standard InChI is InChI=1S/C51H83N3O16P2/c1-4-6-7-8-9-10-11-12-13-17-20-23-27-32-42(55)33-28-25-30-34-46(56)65-38-43(68-47(57)35-29-24-21-18-15-14-16-19-22-26-31-41(3)5-2)39-66-71(61,62)70-72(63,64)67-40-44-48(58)49(59)50(69-44)54-37-36-45(52)53-51(54)60/h6-7,9-10,12-13,20,23,25,27-28,32,36-37,41-44,48-50,55,58-59H,4-5,8,11,14-19,21-22,24,26,29-31,33-35,38-40H2,1-3H3,(H,61,62)(H,63,64)(H2,52,53,60)/b7-6-,10-9-,13-12-,23-20-,28-25-,32-27-/t41?,42?,43-,44-,48-,49-,50-/m1/s1. The minimum absolute atomic E-state index is 0.0109. The lowest BCUT2D eigenvalue weighted by Gasteiger charge is -2.21. The van der Waals surface area contributed by atoms with Crippen LogP contribution in [0.1, 0.15) is 155 Å². The first-order valence-corrected chi connectivity index (χ1v) is 28.4. The molecule has 72 heavy (non-hydrogen) atoms. The van der Waals surface area contributed by atoms with E-state index in [2.05, 4.69) is 66.5 Å². The zero-order valence-corrected chi connectivity index (χ0v) is 44.3. The third kappa shape index (κ3) is 30.4. The fourth-order valence-electron chi connectivity index (χ4n) is 7.10. The molecule has 0 aromatic carbocycles. The number of unbranched alkanes of at least 4 members (excludes halogenated alkanes) is 9. The van der Waals surface area contributed by atoms with E-state index in [9.17, 15) is 48.6 Å². The zero-order valence-electron chi connectivity index (χ0n) is 42.5. The maximum absolute atomic E-state index is 12.9. The van der Waals surface area contributed by atoms with E-state index in [-0.39, 0.29) is 25.1 Å². The van der Waals surface area contributed by atoms with Gasteiger partial charge in [-0.3, -0.25) is 23.2 Å². The van der Waals surface area contributed by atoms with Gasteiger partial charge in [-0.2, -0.15) is 9.29 Å². The molecule has 9 atom stereocenters. The number of rotatable bonds is 40. The van der Waals surface area contributed by atoms with Gasteiger partial charge < -0.3 is 45.1 Å². The minimum atomic E-state index is -5.46. The van der Waals surface area contributed by atoms with Crippen molar-refractivity contribution in [3.63, 3.8) is 0 Å². The molecule has 19 nitrogen and oxygen atoms in total. The number of nitrogen functional groups attached to an aromatic ring is 1. The third-order valence-electron chi connectivity index (χ3n) is 11.4. The number of carbonyl (C=O) groups excluding carboxylic acids is 2. The highest BCUT2D eigenvalue weighted by Crippen LogP contribution is 2.60. The van der Waals surface area contributed by atoms with Crippen LogP contribution in [0.2, 0.25) is 0 Å². The van der Waals surface area contributed by atoms with Gasteiger partial charge in [0.2, 0.25) is 0 Å². The van der Waals surface area contributed by atoms with Crippen LogP contribution in [-0.4, -0.2) is 96.9 Å². The van der Waals surface area contributed by atoms with Crippen LogP contribution in [0.4, 0.5) is 5.82 Å². The quantitative estimate of drug-likeness (QED) is 0.0117. The van der Waals surface area contributed by atoms with Gasteiger partial charge in [0, 0.05) is 19.0 Å². The van der Waals surface area contributed by atoms with Crippen molar-refractivity contribution in [2.24, 2.45) is 5.92 Å². The summed E-state index contributed by atoms with van der Waals surface area (Å²) < 4.78 is 56.6. The molecule has 21 heteroatoms. The van der Waals surface area contributed by atoms with Gasteiger partial charge in [-0.05, 0) is 56.9 Å². The van der Waals surface area contributed by atoms with Crippen LogP contribution in [0.5, 0.6) is 0 Å². The molecule has 1 aliphatic heterocycles. The number of nitrogens with zero attached hydrogens (tertiary/aromatic N) is 2. The highest BCUT2D eigenvalue weighted by molar-refractivity contribution is 7.61. The number of carbonyl (C=O) groups is 2. The van der Waals surface area contributed by atoms with Gasteiger partial charge >= 0.3 is 33.3 Å². The third-order valence-corrected chi connectivity index (χ3v) is 14.0. The summed E-state index contributed by atoms with van der Waals surface area (Å²) in [6.45, 7) is 4.17. The first kappa shape index (κ1) is 64.3. The Labute approximate surface area is 426 Å². The highest BCUT2D eigenvalue weighted by Gasteiger charge is 2.46. The van der Waals surface area contributed by atoms with Crippen molar-refractivity contribution < 1.29 is 71.4 Å². The van der Waals surface area contributed by atoms with Crippen LogP contribution in [0, 0.1) is 5.92 Å². The van der Waals surface area contributed by atoms with Crippen LogP contribution in [0.25, 0.3) is 0 Å². The van der Waals surface area contributed by atoms with E-state index in [1.54, 1.807) is 24.3 Å². The lowest BCUT2D eigenvalue weighted by Crippen LogP contribution is -2.36. The first-order chi connectivity index (χ1) is 34.5. The maximum atomic E-state index is 12.9. The van der Waals surface area contributed by atoms with Crippen LogP contribution >= 0.6 is 15.6 Å². The maximum Gasteiger partial charge on any atom is 0.481 e. The molecule has 408 valence electrons. The summed E-state index contributed by atoms with van der Waals surface area (Å²) in [4.78, 5) is 61.9. The number of nitrogens with two attached hydrogens (primary N) is 1. The fraction of sp³-hybridized carbons (Fsp3) is 0.647. The Hall–Kier alpha value is -3.84. The van der Waals surface area contributed by atoms with Crippen LogP contribution < -0.4 is 11.4 Å². The van der Waals surface area contributed by atoms with E-state index in [4.69, 9.17) is 29.0 Å². The summed E-state index contributed by atoms with van der Waals surface area (Å²) in [6.07, 6.45) is 33.1. The summed E-state index contributed by atoms with van der Waals surface area (Å²) in [5.41, 5.74) is 4.57. The molecule has 0 amide bonds. The summed E-state index contributed by atoms with van der Waals surface area (Å²) >= 11 is 0. The van der Waals surface area contributed by atoms with Gasteiger partial charge in [-0.25, -0.2) is 13.9 Å². The molecule has 1 aromatic rings. The van der Waals surface area contributed by atoms with Gasteiger partial charge in [-0.1, -0.05) is 164 Å². The van der Waals surface area contributed by atoms with Gasteiger partial charge in [0.15, 0.2) is 12.3 Å².